The number of rotatable bonds is 2. The quantitative estimate of drug-likeness (QED) is 0.862. The zero-order valence-electron chi connectivity index (χ0n) is 11.4. The number of aromatic amines is 1. The first-order valence-corrected chi connectivity index (χ1v) is 7.53. The van der Waals surface area contributed by atoms with Crippen molar-refractivity contribution < 1.29 is 4.79 Å². The van der Waals surface area contributed by atoms with Crippen LogP contribution in [0, 0.1) is 4.77 Å². The lowest BCUT2D eigenvalue weighted by Crippen LogP contribution is -2.39. The minimum atomic E-state index is -0.188. The third kappa shape index (κ3) is 2.01. The molecule has 2 aromatic rings. The van der Waals surface area contributed by atoms with Gasteiger partial charge in [-0.25, -0.2) is 0 Å². The van der Waals surface area contributed by atoms with Crippen LogP contribution in [0.4, 0.5) is 0 Å². The summed E-state index contributed by atoms with van der Waals surface area (Å²) in [5.74, 6) is 0.0239. The summed E-state index contributed by atoms with van der Waals surface area (Å²) >= 11 is 11.5. The number of hydrogen-bond acceptors (Lipinski definition) is 3. The standard InChI is InChI=1S/C14H16ClN3OS/c1-3-4-17-7-9-5-10(15)6-11-12(9)18(14(20)16-11)13(19)8(17)2/h5-6,8H,3-4,7H2,1-2H3,(H,16,20). The van der Waals surface area contributed by atoms with Crippen molar-refractivity contribution in [1.82, 2.24) is 14.5 Å². The highest BCUT2D eigenvalue weighted by molar-refractivity contribution is 7.71. The zero-order chi connectivity index (χ0) is 14.4. The van der Waals surface area contributed by atoms with Crippen LogP contribution in [0.5, 0.6) is 0 Å². The second-order valence-electron chi connectivity index (χ2n) is 5.21. The molecule has 106 valence electrons. The van der Waals surface area contributed by atoms with E-state index in [9.17, 15) is 4.79 Å². The van der Waals surface area contributed by atoms with Gasteiger partial charge in [0.15, 0.2) is 4.77 Å². The van der Waals surface area contributed by atoms with Crippen LogP contribution in [-0.2, 0) is 6.54 Å². The summed E-state index contributed by atoms with van der Waals surface area (Å²) in [4.78, 5) is 17.9. The molecular formula is C14H16ClN3OS. The average molecular weight is 310 g/mol. The number of H-pyrrole nitrogens is 1. The molecule has 0 radical (unpaired) electrons. The number of nitrogens with zero attached hydrogens (tertiary/aromatic N) is 2. The van der Waals surface area contributed by atoms with Crippen LogP contribution < -0.4 is 0 Å². The number of carbonyl (C=O) groups excluding carboxylic acids is 1. The molecule has 20 heavy (non-hydrogen) atoms. The molecule has 1 aromatic carbocycles. The van der Waals surface area contributed by atoms with Crippen LogP contribution in [0.1, 0.15) is 30.6 Å². The van der Waals surface area contributed by atoms with Gasteiger partial charge in [-0.2, -0.15) is 0 Å². The van der Waals surface area contributed by atoms with Crippen LogP contribution >= 0.6 is 23.8 Å². The van der Waals surface area contributed by atoms with Crippen molar-refractivity contribution in [2.24, 2.45) is 0 Å². The van der Waals surface area contributed by atoms with Crippen LogP contribution in [0.25, 0.3) is 11.0 Å². The minimum absolute atomic E-state index is 0.0239. The van der Waals surface area contributed by atoms with Gasteiger partial charge >= 0.3 is 0 Å². The molecule has 3 rings (SSSR count). The van der Waals surface area contributed by atoms with E-state index in [1.54, 1.807) is 4.57 Å². The molecule has 0 spiro atoms. The van der Waals surface area contributed by atoms with Gasteiger partial charge in [0.05, 0.1) is 17.1 Å². The lowest BCUT2D eigenvalue weighted by molar-refractivity contribution is 0.0755. The Morgan fingerprint density at radius 1 is 1.50 bits per heavy atom. The fourth-order valence-electron chi connectivity index (χ4n) is 2.88. The minimum Gasteiger partial charge on any atom is -0.330 e. The van der Waals surface area contributed by atoms with E-state index in [2.05, 4.69) is 16.8 Å². The van der Waals surface area contributed by atoms with Gasteiger partial charge in [0.2, 0.25) is 5.91 Å². The van der Waals surface area contributed by atoms with Crippen molar-refractivity contribution in [3.8, 4) is 0 Å². The number of hydrogen-bond donors (Lipinski definition) is 1. The summed E-state index contributed by atoms with van der Waals surface area (Å²) in [7, 11) is 0. The van der Waals surface area contributed by atoms with Gasteiger partial charge in [-0.3, -0.25) is 14.3 Å². The molecule has 0 saturated heterocycles. The maximum Gasteiger partial charge on any atom is 0.250 e. The molecular weight excluding hydrogens is 294 g/mol. The average Bonchev–Trinajstić information content (AvgIpc) is 2.67. The van der Waals surface area contributed by atoms with Crippen LogP contribution in [0.3, 0.4) is 0 Å². The summed E-state index contributed by atoms with van der Waals surface area (Å²) in [5, 5.41) is 0.661. The van der Waals surface area contributed by atoms with E-state index in [-0.39, 0.29) is 11.9 Å². The Kier molecular flexibility index (Phi) is 3.44. The van der Waals surface area contributed by atoms with Crippen molar-refractivity contribution in [2.45, 2.75) is 32.9 Å². The van der Waals surface area contributed by atoms with Crippen LogP contribution in [-0.4, -0.2) is 32.9 Å². The first-order valence-electron chi connectivity index (χ1n) is 6.74. The third-order valence-corrected chi connectivity index (χ3v) is 4.33. The molecule has 1 unspecified atom stereocenters. The molecule has 0 amide bonds. The fraction of sp³-hybridized carbons (Fsp3) is 0.429. The van der Waals surface area contributed by atoms with Gasteiger partial charge in [-0.1, -0.05) is 18.5 Å². The van der Waals surface area contributed by atoms with Gasteiger partial charge in [0.1, 0.15) is 0 Å². The highest BCUT2D eigenvalue weighted by Gasteiger charge is 2.29. The normalized spacial score (nSPS) is 19.6. The molecule has 1 N–H and O–H groups in total. The number of carbonyl (C=O) groups is 1. The zero-order valence-corrected chi connectivity index (χ0v) is 13.0. The molecule has 4 nitrogen and oxygen atoms in total. The van der Waals surface area contributed by atoms with Crippen molar-refractivity contribution in [3.05, 3.63) is 27.5 Å². The Labute approximate surface area is 127 Å². The Morgan fingerprint density at radius 3 is 2.95 bits per heavy atom. The molecule has 6 heteroatoms. The maximum atomic E-state index is 12.7. The summed E-state index contributed by atoms with van der Waals surface area (Å²) in [6, 6.07) is 3.56. The Bertz CT molecular complexity index is 749. The molecule has 1 aliphatic rings. The summed E-state index contributed by atoms with van der Waals surface area (Å²) in [5.41, 5.74) is 2.75. The van der Waals surface area contributed by atoms with Crippen molar-refractivity contribution >= 4 is 40.8 Å². The topological polar surface area (TPSA) is 41.0 Å². The Hall–Kier alpha value is -1.17. The number of aromatic nitrogens is 2. The molecule has 1 aliphatic heterocycles. The van der Waals surface area contributed by atoms with Gasteiger partial charge in [0, 0.05) is 11.6 Å². The highest BCUT2D eigenvalue weighted by Crippen LogP contribution is 2.29. The molecule has 0 saturated carbocycles. The molecule has 0 bridgehead atoms. The van der Waals surface area contributed by atoms with E-state index in [0.29, 0.717) is 16.3 Å². The molecule has 1 atom stereocenters. The van der Waals surface area contributed by atoms with E-state index in [4.69, 9.17) is 23.8 Å². The van der Waals surface area contributed by atoms with Gasteiger partial charge < -0.3 is 4.98 Å². The van der Waals surface area contributed by atoms with Crippen LogP contribution in [0.15, 0.2) is 12.1 Å². The van der Waals surface area contributed by atoms with E-state index in [0.717, 1.165) is 29.6 Å². The lowest BCUT2D eigenvalue weighted by Gasteiger charge is -2.25. The van der Waals surface area contributed by atoms with Crippen molar-refractivity contribution in [2.75, 3.05) is 6.54 Å². The number of imidazole rings is 1. The maximum absolute atomic E-state index is 12.7. The molecule has 1 aromatic heterocycles. The van der Waals surface area contributed by atoms with Gasteiger partial charge in [-0.15, -0.1) is 0 Å². The smallest absolute Gasteiger partial charge is 0.250 e. The second-order valence-corrected chi connectivity index (χ2v) is 6.03. The first-order chi connectivity index (χ1) is 9.52. The monoisotopic (exact) mass is 309 g/mol. The molecule has 2 heterocycles. The number of benzene rings is 1. The molecule has 0 fully saturated rings. The number of nitrogens with one attached hydrogen (secondary N) is 1. The third-order valence-electron chi connectivity index (χ3n) is 3.83. The second kappa shape index (κ2) is 4.98. The lowest BCUT2D eigenvalue weighted by atomic mass is 10.1. The summed E-state index contributed by atoms with van der Waals surface area (Å²) in [6.45, 7) is 5.64. The van der Waals surface area contributed by atoms with E-state index >= 15 is 0 Å². The van der Waals surface area contributed by atoms with Crippen molar-refractivity contribution in [3.63, 3.8) is 0 Å². The molecule has 0 aliphatic carbocycles. The van der Waals surface area contributed by atoms with Crippen molar-refractivity contribution in [1.29, 1.82) is 0 Å². The summed E-state index contributed by atoms with van der Waals surface area (Å²) in [6.07, 6.45) is 1.00. The predicted octanol–water partition coefficient (Wildman–Crippen LogP) is 3.61. The van der Waals surface area contributed by atoms with E-state index < -0.39 is 0 Å². The SMILES string of the molecule is CCCN1Cc2cc(Cl)cc3[nH]c(=S)n(c23)C(=O)C1C. The largest absolute Gasteiger partial charge is 0.330 e. The predicted molar refractivity (Wildman–Crippen MR) is 82.9 cm³/mol. The van der Waals surface area contributed by atoms with Gasteiger partial charge in [0.25, 0.3) is 0 Å². The van der Waals surface area contributed by atoms with Crippen LogP contribution in [0.2, 0.25) is 5.02 Å². The summed E-state index contributed by atoms with van der Waals surface area (Å²) < 4.78 is 2.06. The first kappa shape index (κ1) is 13.8. The van der Waals surface area contributed by atoms with E-state index in [1.807, 2.05) is 19.1 Å². The highest BCUT2D eigenvalue weighted by atomic mass is 35.5. The Morgan fingerprint density at radius 2 is 2.25 bits per heavy atom. The van der Waals surface area contributed by atoms with E-state index in [1.165, 1.54) is 0 Å². The fourth-order valence-corrected chi connectivity index (χ4v) is 3.41. The Balaban J connectivity index is 2.29. The number of halogens is 1. The van der Waals surface area contributed by atoms with Gasteiger partial charge in [-0.05, 0) is 49.8 Å².